The maximum Gasteiger partial charge on any atom is 0.452 e. The second-order valence-corrected chi connectivity index (χ2v) is 6.05. The van der Waals surface area contributed by atoms with Crippen LogP contribution in [0.5, 0.6) is 0 Å². The van der Waals surface area contributed by atoms with Gasteiger partial charge in [-0.15, -0.1) is 0 Å². The molecule has 2 rings (SSSR count). The van der Waals surface area contributed by atoms with Crippen molar-refractivity contribution in [2.45, 2.75) is 23.3 Å². The highest BCUT2D eigenvalue weighted by Gasteiger charge is 2.36. The third kappa shape index (κ3) is 2.86. The maximum absolute atomic E-state index is 12.4. The van der Waals surface area contributed by atoms with Crippen LogP contribution in [0.3, 0.4) is 0 Å². The molecule has 1 aromatic carbocycles. The first-order valence-corrected chi connectivity index (χ1v) is 6.79. The fraction of sp³-hybridized carbons (Fsp3) is 0.300. The summed E-state index contributed by atoms with van der Waals surface area (Å²) >= 11 is 6.91. The number of thiazole rings is 1. The average Bonchev–Trinajstić information content (AvgIpc) is 2.51. The minimum atomic E-state index is -4.26. The molecule has 0 spiro atoms. The maximum atomic E-state index is 12.4. The highest BCUT2D eigenvalue weighted by Crippen LogP contribution is 2.39. The standard InChI is InChI=1S/C10H8ClF3NS2/c1-2-15-7-5-6(11)3-4-8(7)16-9(15)17-10(12,13)14/h3-5H,2H2,1H3/q+1. The monoisotopic (exact) mass is 298 g/mol. The van der Waals surface area contributed by atoms with Crippen LogP contribution in [0.15, 0.2) is 22.5 Å². The summed E-state index contributed by atoms with van der Waals surface area (Å²) in [5.74, 6) is 0. The summed E-state index contributed by atoms with van der Waals surface area (Å²) in [6.45, 7) is 2.30. The lowest BCUT2D eigenvalue weighted by Crippen LogP contribution is -2.33. The van der Waals surface area contributed by atoms with Gasteiger partial charge in [0.05, 0.1) is 11.8 Å². The molecule has 0 bridgehead atoms. The predicted molar refractivity (Wildman–Crippen MR) is 64.6 cm³/mol. The van der Waals surface area contributed by atoms with Gasteiger partial charge in [0, 0.05) is 11.1 Å². The van der Waals surface area contributed by atoms with E-state index in [1.165, 1.54) is 0 Å². The van der Waals surface area contributed by atoms with E-state index in [0.717, 1.165) is 21.6 Å². The third-order valence-corrected chi connectivity index (χ3v) is 4.47. The SMILES string of the molecule is CC[n+]1c(SC(F)(F)F)sc2ccc(Cl)cc21. The average molecular weight is 299 g/mol. The van der Waals surface area contributed by atoms with E-state index >= 15 is 0 Å². The van der Waals surface area contributed by atoms with E-state index in [2.05, 4.69) is 0 Å². The largest absolute Gasteiger partial charge is 0.452 e. The van der Waals surface area contributed by atoms with E-state index in [1.54, 1.807) is 22.8 Å². The number of aromatic nitrogens is 1. The summed E-state index contributed by atoms with van der Waals surface area (Å²) < 4.78 is 39.9. The van der Waals surface area contributed by atoms with Gasteiger partial charge in [0.1, 0.15) is 11.2 Å². The minimum absolute atomic E-state index is 0.0781. The van der Waals surface area contributed by atoms with Crippen molar-refractivity contribution in [1.29, 1.82) is 0 Å². The van der Waals surface area contributed by atoms with Gasteiger partial charge >= 0.3 is 9.85 Å². The normalized spacial score (nSPS) is 12.3. The highest BCUT2D eigenvalue weighted by molar-refractivity contribution is 8.01. The first-order chi connectivity index (χ1) is 7.90. The number of benzene rings is 1. The van der Waals surface area contributed by atoms with E-state index in [-0.39, 0.29) is 16.1 Å². The van der Waals surface area contributed by atoms with Crippen LogP contribution in [0.2, 0.25) is 5.02 Å². The Morgan fingerprint density at radius 1 is 1.41 bits per heavy atom. The van der Waals surface area contributed by atoms with Crippen LogP contribution in [0.1, 0.15) is 6.92 Å². The molecule has 1 heterocycles. The topological polar surface area (TPSA) is 3.88 Å². The molecule has 1 aromatic heterocycles. The van der Waals surface area contributed by atoms with Gasteiger partial charge in [0.2, 0.25) is 5.52 Å². The van der Waals surface area contributed by atoms with Crippen LogP contribution < -0.4 is 4.57 Å². The van der Waals surface area contributed by atoms with Gasteiger partial charge in [-0.1, -0.05) is 22.9 Å². The van der Waals surface area contributed by atoms with Crippen molar-refractivity contribution in [3.8, 4) is 0 Å². The number of rotatable bonds is 2. The van der Waals surface area contributed by atoms with Gasteiger partial charge in [0.15, 0.2) is 0 Å². The van der Waals surface area contributed by atoms with Crippen molar-refractivity contribution in [2.24, 2.45) is 0 Å². The zero-order valence-corrected chi connectivity index (χ0v) is 11.1. The first kappa shape index (κ1) is 13.0. The van der Waals surface area contributed by atoms with Crippen LogP contribution in [0, 0.1) is 0 Å². The third-order valence-electron chi connectivity index (χ3n) is 2.15. The quantitative estimate of drug-likeness (QED) is 0.584. The fourth-order valence-electron chi connectivity index (χ4n) is 1.51. The van der Waals surface area contributed by atoms with Crippen molar-refractivity contribution in [3.05, 3.63) is 23.2 Å². The van der Waals surface area contributed by atoms with E-state index in [1.807, 2.05) is 6.92 Å². The zero-order valence-electron chi connectivity index (χ0n) is 8.71. The van der Waals surface area contributed by atoms with Crippen molar-refractivity contribution in [2.75, 3.05) is 0 Å². The summed E-state index contributed by atoms with van der Waals surface area (Å²) in [5, 5.41) is 0.529. The van der Waals surface area contributed by atoms with Crippen molar-refractivity contribution in [1.82, 2.24) is 0 Å². The lowest BCUT2D eigenvalue weighted by Gasteiger charge is -2.00. The molecule has 0 saturated carbocycles. The molecule has 0 fully saturated rings. The molecule has 17 heavy (non-hydrogen) atoms. The fourth-order valence-corrected chi connectivity index (χ4v) is 3.87. The van der Waals surface area contributed by atoms with Crippen LogP contribution in [-0.2, 0) is 6.54 Å². The lowest BCUT2D eigenvalue weighted by atomic mass is 10.3. The summed E-state index contributed by atoms with van der Waals surface area (Å²) in [7, 11) is 0. The molecule has 0 aliphatic rings. The Bertz CT molecular complexity index is 550. The van der Waals surface area contributed by atoms with Crippen LogP contribution in [-0.4, -0.2) is 5.51 Å². The molecule has 0 N–H and O–H groups in total. The van der Waals surface area contributed by atoms with Gasteiger partial charge in [-0.2, -0.15) is 17.7 Å². The zero-order chi connectivity index (χ0) is 12.6. The summed E-state index contributed by atoms with van der Waals surface area (Å²) in [4.78, 5) is 0. The predicted octanol–water partition coefficient (Wildman–Crippen LogP) is 4.47. The number of nitrogens with zero attached hydrogens (tertiary/aromatic N) is 1. The highest BCUT2D eigenvalue weighted by atomic mass is 35.5. The Hall–Kier alpha value is -0.460. The van der Waals surface area contributed by atoms with Crippen LogP contribution in [0.25, 0.3) is 10.2 Å². The van der Waals surface area contributed by atoms with Crippen molar-refractivity contribution < 1.29 is 17.7 Å². The number of thioether (sulfide) groups is 1. The number of hydrogen-bond donors (Lipinski definition) is 0. The van der Waals surface area contributed by atoms with E-state index < -0.39 is 5.51 Å². The van der Waals surface area contributed by atoms with E-state index in [0.29, 0.717) is 11.6 Å². The Morgan fingerprint density at radius 3 is 2.71 bits per heavy atom. The Balaban J connectivity index is 2.56. The van der Waals surface area contributed by atoms with Gasteiger partial charge in [-0.25, -0.2) is 0 Å². The molecule has 0 amide bonds. The Kier molecular flexibility index (Phi) is 3.56. The molecule has 0 aliphatic heterocycles. The molecule has 92 valence electrons. The second kappa shape index (κ2) is 4.66. The smallest absolute Gasteiger partial charge is 0.176 e. The molecule has 0 unspecified atom stereocenters. The molecule has 0 aliphatic carbocycles. The molecule has 2 aromatic rings. The lowest BCUT2D eigenvalue weighted by molar-refractivity contribution is -0.698. The first-order valence-electron chi connectivity index (χ1n) is 4.78. The number of aryl methyl sites for hydroxylation is 1. The van der Waals surface area contributed by atoms with E-state index in [4.69, 9.17) is 11.6 Å². The van der Waals surface area contributed by atoms with Gasteiger partial charge in [0.25, 0.3) is 0 Å². The number of alkyl halides is 3. The number of hydrogen-bond acceptors (Lipinski definition) is 2. The summed E-state index contributed by atoms with van der Waals surface area (Å²) in [6.07, 6.45) is 0. The summed E-state index contributed by atoms with van der Waals surface area (Å²) in [6, 6.07) is 5.12. The molecular weight excluding hydrogens is 291 g/mol. The number of halogens is 4. The van der Waals surface area contributed by atoms with Crippen LogP contribution in [0.4, 0.5) is 13.2 Å². The summed E-state index contributed by atoms with van der Waals surface area (Å²) in [5.41, 5.74) is -3.52. The van der Waals surface area contributed by atoms with E-state index in [9.17, 15) is 13.2 Å². The molecule has 0 radical (unpaired) electrons. The van der Waals surface area contributed by atoms with Crippen LogP contribution >= 0.6 is 34.7 Å². The number of fused-ring (bicyclic) bond motifs is 1. The Morgan fingerprint density at radius 2 is 2.12 bits per heavy atom. The Labute approximate surface area is 109 Å². The van der Waals surface area contributed by atoms with Gasteiger partial charge < -0.3 is 0 Å². The molecule has 7 heteroatoms. The van der Waals surface area contributed by atoms with Crippen molar-refractivity contribution in [3.63, 3.8) is 0 Å². The molecule has 0 atom stereocenters. The van der Waals surface area contributed by atoms with Gasteiger partial charge in [-0.05, 0) is 19.1 Å². The minimum Gasteiger partial charge on any atom is -0.176 e. The second-order valence-electron chi connectivity index (χ2n) is 3.27. The van der Waals surface area contributed by atoms with Crippen molar-refractivity contribution >= 4 is 44.9 Å². The molecule has 1 nitrogen and oxygen atoms in total. The van der Waals surface area contributed by atoms with Gasteiger partial charge in [-0.3, -0.25) is 0 Å². The molecule has 0 saturated heterocycles. The molecular formula is C10H8ClF3NS2+.